The summed E-state index contributed by atoms with van der Waals surface area (Å²) in [5.41, 5.74) is 1.95. The van der Waals surface area contributed by atoms with Gasteiger partial charge in [0.15, 0.2) is 10.8 Å². The van der Waals surface area contributed by atoms with E-state index >= 15 is 0 Å². The summed E-state index contributed by atoms with van der Waals surface area (Å²) in [4.78, 5) is 19.4. The first-order valence-electron chi connectivity index (χ1n) is 8.95. The lowest BCUT2D eigenvalue weighted by molar-refractivity contribution is 0.0980. The molecule has 0 unspecified atom stereocenters. The molecule has 1 aromatic carbocycles. The Morgan fingerprint density at radius 3 is 2.89 bits per heavy atom. The maximum absolute atomic E-state index is 13.6. The molecule has 7 nitrogen and oxygen atoms in total. The van der Waals surface area contributed by atoms with Gasteiger partial charge in [-0.3, -0.25) is 19.1 Å². The predicted molar refractivity (Wildman–Crippen MR) is 106 cm³/mol. The molecule has 1 amide bonds. The first-order valence-corrected chi connectivity index (χ1v) is 9.76. The highest BCUT2D eigenvalue weighted by atomic mass is 32.1. The van der Waals surface area contributed by atoms with Gasteiger partial charge in [0.25, 0.3) is 5.91 Å². The van der Waals surface area contributed by atoms with Gasteiger partial charge in [-0.15, -0.1) is 0 Å². The van der Waals surface area contributed by atoms with E-state index in [4.69, 9.17) is 0 Å². The van der Waals surface area contributed by atoms with Crippen molar-refractivity contribution in [3.8, 4) is 0 Å². The maximum Gasteiger partial charge on any atom is 0.280 e. The number of nitrogens with zero attached hydrogens (tertiary/aromatic N) is 6. The Bertz CT molecular complexity index is 1120. The zero-order valence-electron chi connectivity index (χ0n) is 15.5. The fourth-order valence-corrected chi connectivity index (χ4v) is 4.01. The van der Waals surface area contributed by atoms with Crippen LogP contribution in [-0.2, 0) is 13.1 Å². The minimum Gasteiger partial charge on any atom is -0.281 e. The third-order valence-electron chi connectivity index (χ3n) is 4.43. The van der Waals surface area contributed by atoms with E-state index in [1.165, 1.54) is 23.5 Å². The number of thiazole rings is 1. The van der Waals surface area contributed by atoms with Crippen LogP contribution in [0.1, 0.15) is 23.1 Å². The summed E-state index contributed by atoms with van der Waals surface area (Å²) in [6.07, 6.45) is 3.53. The highest BCUT2D eigenvalue weighted by molar-refractivity contribution is 7.22. The lowest BCUT2D eigenvalue weighted by atomic mass is 10.3. The average molecular weight is 398 g/mol. The Morgan fingerprint density at radius 2 is 2.18 bits per heavy atom. The third-order valence-corrected chi connectivity index (χ3v) is 5.47. The van der Waals surface area contributed by atoms with Crippen LogP contribution in [0.3, 0.4) is 0 Å². The molecule has 0 spiro atoms. The van der Waals surface area contributed by atoms with Gasteiger partial charge in [-0.05, 0) is 44.2 Å². The summed E-state index contributed by atoms with van der Waals surface area (Å²) in [5.74, 6) is -0.559. The SMILES string of the molecule is CCn1nc(C(=O)N(CCn2cccn2)c2nc3ccc(F)cc3s2)cc1C. The van der Waals surface area contributed by atoms with E-state index in [2.05, 4.69) is 15.2 Å². The second-order valence-electron chi connectivity index (χ2n) is 6.32. The number of carbonyl (C=O) groups excluding carboxylic acids is 1. The molecule has 0 aliphatic heterocycles. The van der Waals surface area contributed by atoms with Crippen molar-refractivity contribution in [3.63, 3.8) is 0 Å². The fourth-order valence-electron chi connectivity index (χ4n) is 2.99. The van der Waals surface area contributed by atoms with Crippen LogP contribution >= 0.6 is 11.3 Å². The van der Waals surface area contributed by atoms with E-state index in [1.807, 2.05) is 26.1 Å². The average Bonchev–Trinajstić information content (AvgIpc) is 3.40. The molecule has 0 N–H and O–H groups in total. The molecule has 0 atom stereocenters. The van der Waals surface area contributed by atoms with Gasteiger partial charge < -0.3 is 0 Å². The van der Waals surface area contributed by atoms with Crippen molar-refractivity contribution in [1.29, 1.82) is 0 Å². The molecular weight excluding hydrogens is 379 g/mol. The van der Waals surface area contributed by atoms with Crippen molar-refractivity contribution in [1.82, 2.24) is 24.5 Å². The number of amides is 1. The Morgan fingerprint density at radius 1 is 1.32 bits per heavy atom. The number of hydrogen-bond acceptors (Lipinski definition) is 5. The molecule has 4 rings (SSSR count). The fraction of sp³-hybridized carbons (Fsp3) is 0.263. The minimum atomic E-state index is -0.325. The number of benzene rings is 1. The number of aryl methyl sites for hydroxylation is 2. The highest BCUT2D eigenvalue weighted by Crippen LogP contribution is 2.30. The van der Waals surface area contributed by atoms with Crippen LogP contribution in [0.2, 0.25) is 0 Å². The molecule has 9 heteroatoms. The van der Waals surface area contributed by atoms with Gasteiger partial charge in [0.2, 0.25) is 0 Å². The van der Waals surface area contributed by atoms with E-state index in [-0.39, 0.29) is 11.7 Å². The van der Waals surface area contributed by atoms with Crippen molar-refractivity contribution < 1.29 is 9.18 Å². The summed E-state index contributed by atoms with van der Waals surface area (Å²) in [7, 11) is 0. The Hall–Kier alpha value is -3.07. The highest BCUT2D eigenvalue weighted by Gasteiger charge is 2.24. The topological polar surface area (TPSA) is 68.8 Å². The molecule has 28 heavy (non-hydrogen) atoms. The van der Waals surface area contributed by atoms with Crippen molar-refractivity contribution in [2.75, 3.05) is 11.4 Å². The summed E-state index contributed by atoms with van der Waals surface area (Å²) < 4.78 is 17.8. The molecule has 0 aliphatic carbocycles. The summed E-state index contributed by atoms with van der Waals surface area (Å²) in [6.45, 7) is 5.47. The molecule has 0 saturated heterocycles. The molecule has 3 aromatic heterocycles. The summed E-state index contributed by atoms with van der Waals surface area (Å²) in [5, 5.41) is 9.11. The second-order valence-corrected chi connectivity index (χ2v) is 7.33. The molecule has 3 heterocycles. The third kappa shape index (κ3) is 3.53. The summed E-state index contributed by atoms with van der Waals surface area (Å²) in [6, 6.07) is 8.03. The van der Waals surface area contributed by atoms with E-state index in [0.29, 0.717) is 40.7 Å². The first-order chi connectivity index (χ1) is 13.5. The zero-order chi connectivity index (χ0) is 19.7. The smallest absolute Gasteiger partial charge is 0.280 e. The summed E-state index contributed by atoms with van der Waals surface area (Å²) >= 11 is 1.29. The number of halogens is 1. The number of anilines is 1. The Balaban J connectivity index is 1.70. The quantitative estimate of drug-likeness (QED) is 0.498. The van der Waals surface area contributed by atoms with Crippen molar-refractivity contribution in [3.05, 3.63) is 59.9 Å². The van der Waals surface area contributed by atoms with E-state index in [0.717, 1.165) is 5.69 Å². The molecule has 0 aliphatic rings. The molecular formula is C19H19FN6OS. The van der Waals surface area contributed by atoms with Gasteiger partial charge >= 0.3 is 0 Å². The van der Waals surface area contributed by atoms with Gasteiger partial charge in [0.05, 0.1) is 16.8 Å². The van der Waals surface area contributed by atoms with E-state index < -0.39 is 0 Å². The lowest BCUT2D eigenvalue weighted by Crippen LogP contribution is -2.34. The molecule has 0 radical (unpaired) electrons. The van der Waals surface area contributed by atoms with Crippen LogP contribution in [0.25, 0.3) is 10.2 Å². The van der Waals surface area contributed by atoms with Crippen LogP contribution < -0.4 is 4.90 Å². The van der Waals surface area contributed by atoms with Gasteiger partial charge in [-0.1, -0.05) is 11.3 Å². The van der Waals surface area contributed by atoms with Crippen LogP contribution in [0.5, 0.6) is 0 Å². The standard InChI is InChI=1S/C19H19FN6OS/c1-3-26-13(2)11-16(23-26)18(27)25(10-9-24-8-4-7-21-24)19-22-15-6-5-14(20)12-17(15)28-19/h4-8,11-12H,3,9-10H2,1-2H3. The molecule has 0 saturated carbocycles. The van der Waals surface area contributed by atoms with Crippen LogP contribution in [0.4, 0.5) is 9.52 Å². The Kier molecular flexibility index (Phi) is 4.91. The molecule has 4 aromatic rings. The van der Waals surface area contributed by atoms with Gasteiger partial charge in [-0.2, -0.15) is 10.2 Å². The van der Waals surface area contributed by atoms with Crippen LogP contribution in [0.15, 0.2) is 42.7 Å². The molecule has 144 valence electrons. The molecule has 0 bridgehead atoms. The second kappa shape index (κ2) is 7.51. The van der Waals surface area contributed by atoms with Crippen LogP contribution in [-0.4, -0.2) is 37.0 Å². The minimum absolute atomic E-state index is 0.234. The number of fused-ring (bicyclic) bond motifs is 1. The first kappa shape index (κ1) is 18.3. The monoisotopic (exact) mass is 398 g/mol. The maximum atomic E-state index is 13.6. The van der Waals surface area contributed by atoms with Crippen molar-refractivity contribution >= 4 is 32.6 Å². The largest absolute Gasteiger partial charge is 0.281 e. The van der Waals surface area contributed by atoms with Gasteiger partial charge in [-0.25, -0.2) is 9.37 Å². The molecule has 0 fully saturated rings. The van der Waals surface area contributed by atoms with Gasteiger partial charge in [0, 0.05) is 31.2 Å². The zero-order valence-corrected chi connectivity index (χ0v) is 16.4. The number of hydrogen-bond donors (Lipinski definition) is 0. The number of rotatable bonds is 6. The lowest BCUT2D eigenvalue weighted by Gasteiger charge is -2.18. The van der Waals surface area contributed by atoms with Crippen molar-refractivity contribution in [2.45, 2.75) is 26.9 Å². The Labute approximate surface area is 165 Å². The number of aromatic nitrogens is 5. The van der Waals surface area contributed by atoms with Crippen molar-refractivity contribution in [2.24, 2.45) is 0 Å². The van der Waals surface area contributed by atoms with Crippen LogP contribution in [0, 0.1) is 12.7 Å². The number of carbonyl (C=O) groups is 1. The van der Waals surface area contributed by atoms with E-state index in [1.54, 1.807) is 32.6 Å². The van der Waals surface area contributed by atoms with Gasteiger partial charge in [0.1, 0.15) is 5.82 Å². The van der Waals surface area contributed by atoms with E-state index in [9.17, 15) is 9.18 Å². The predicted octanol–water partition coefficient (Wildman–Crippen LogP) is 3.50. The normalized spacial score (nSPS) is 11.2.